The first-order valence-corrected chi connectivity index (χ1v) is 28.5. The molecule has 10 heterocycles. The molecular formula is C38H68NiP2. The van der Waals surface area contributed by atoms with Crippen LogP contribution in [0.2, 0.25) is 39.1 Å². The van der Waals surface area contributed by atoms with E-state index >= 15 is 0 Å². The van der Waals surface area contributed by atoms with Crippen molar-refractivity contribution in [3.05, 3.63) is 0 Å². The molecule has 10 rings (SSSR count). The molecule has 4 unspecified atom stereocenters. The van der Waals surface area contributed by atoms with E-state index in [4.69, 9.17) is 0 Å². The van der Waals surface area contributed by atoms with E-state index in [1.54, 1.807) is 102 Å². The fourth-order valence-corrected chi connectivity index (χ4v) is 117. The van der Waals surface area contributed by atoms with Gasteiger partial charge in [0.15, 0.2) is 0 Å². The standard InChI is InChI=1S/C33H63P2.C5H5.Ni/c1-5-9-13-17-21-28-34(29-22-18-14-10-6-2)32-26-25-27-33(32)35(30-23-19-15-11-7-3)31-24-20-16-12-8-4;1-2-4-5-3-1;/h25-27H,5-24,28-31H2,1-4H3;1-5H;. The van der Waals surface area contributed by atoms with Gasteiger partial charge in [0.25, 0.3) is 0 Å². The molecule has 0 bridgehead atoms. The van der Waals surface area contributed by atoms with Crippen LogP contribution in [0.1, 0.15) is 156 Å². The molecule has 0 aromatic rings. The number of fused-ring (bicyclic) bond motifs is 10. The first kappa shape index (κ1) is 27.5. The Hall–Kier alpha value is 1.35. The molecule has 3 heteroatoms. The Balaban J connectivity index is 0.966. The third-order valence-corrected chi connectivity index (χ3v) is 73.0. The van der Waals surface area contributed by atoms with Crippen molar-refractivity contribution in [2.75, 3.05) is 24.6 Å². The van der Waals surface area contributed by atoms with Gasteiger partial charge >= 0.3 is 250 Å². The Morgan fingerprint density at radius 2 is 0.634 bits per heavy atom. The summed E-state index contributed by atoms with van der Waals surface area (Å²) in [6.07, 6.45) is 34.7. The Morgan fingerprint density at radius 1 is 0.366 bits per heavy atom. The van der Waals surface area contributed by atoms with Crippen LogP contribution in [0.25, 0.3) is 0 Å². The van der Waals surface area contributed by atoms with Crippen LogP contribution in [0.4, 0.5) is 0 Å². The van der Waals surface area contributed by atoms with Crippen LogP contribution < -0.4 is 0 Å². The second-order valence-electron chi connectivity index (χ2n) is 18.5. The molecule has 1 spiro atoms. The number of hydrogen-bond acceptors (Lipinski definition) is 0. The molecule has 4 atom stereocenters. The normalized spacial score (nSPS) is 58.6. The third-order valence-electron chi connectivity index (χ3n) is 20.3. The second-order valence-corrected chi connectivity index (χ2v) is 45.3. The van der Waals surface area contributed by atoms with Gasteiger partial charge in [-0.25, -0.2) is 0 Å². The van der Waals surface area contributed by atoms with Gasteiger partial charge in [0, 0.05) is 0 Å². The van der Waals surface area contributed by atoms with E-state index in [0.717, 1.165) is 0 Å². The van der Waals surface area contributed by atoms with Crippen LogP contribution >= 0.6 is 15.8 Å². The Kier molecular flexibility index (Phi) is 3.57. The molecule has 0 amide bonds. The topological polar surface area (TPSA) is 0 Å². The Morgan fingerprint density at radius 3 is 0.854 bits per heavy atom. The molecule has 0 saturated carbocycles. The van der Waals surface area contributed by atoms with Crippen LogP contribution in [0, 0.1) is 0 Å². The predicted octanol–water partition coefficient (Wildman–Crippen LogP) is 14.0. The molecule has 10 saturated heterocycles. The van der Waals surface area contributed by atoms with Crippen LogP contribution in [-0.2, 0) is 6.23 Å². The molecule has 0 aromatic heterocycles. The van der Waals surface area contributed by atoms with Crippen molar-refractivity contribution in [3.8, 4) is 0 Å². The van der Waals surface area contributed by atoms with Gasteiger partial charge in [0.2, 0.25) is 0 Å². The second kappa shape index (κ2) is 5.33. The van der Waals surface area contributed by atoms with E-state index in [-0.39, 0.29) is 0 Å². The molecule has 0 N–H and O–H groups in total. The van der Waals surface area contributed by atoms with Crippen LogP contribution in [0.15, 0.2) is 0 Å². The predicted molar refractivity (Wildman–Crippen MR) is 184 cm³/mol. The van der Waals surface area contributed by atoms with Gasteiger partial charge in [-0.3, -0.25) is 0 Å². The van der Waals surface area contributed by atoms with Crippen molar-refractivity contribution in [2.45, 2.75) is 203 Å². The van der Waals surface area contributed by atoms with Gasteiger partial charge < -0.3 is 0 Å². The van der Waals surface area contributed by atoms with Gasteiger partial charge in [0.05, 0.1) is 0 Å². The van der Waals surface area contributed by atoms with Gasteiger partial charge in [-0.05, 0) is 0 Å². The maximum atomic E-state index is 2.41. The average molecular weight is 646 g/mol. The summed E-state index contributed by atoms with van der Waals surface area (Å²) in [7, 11) is 0.722. The van der Waals surface area contributed by atoms with Crippen molar-refractivity contribution < 1.29 is 6.23 Å². The summed E-state index contributed by atoms with van der Waals surface area (Å²) in [5, 5.41) is 0. The molecule has 0 radical (unpaired) electrons. The monoisotopic (exact) mass is 644 g/mol. The average Bonchev–Trinajstić information content (AvgIpc) is 3.93. The van der Waals surface area contributed by atoms with Crippen molar-refractivity contribution in [1.82, 2.24) is 0 Å². The molecular weight excluding hydrogens is 577 g/mol. The zero-order valence-corrected chi connectivity index (χ0v) is 30.6. The zero-order chi connectivity index (χ0) is 28.1. The van der Waals surface area contributed by atoms with Crippen LogP contribution in [-0.4, -0.2) is 32.9 Å². The van der Waals surface area contributed by atoms with Crippen molar-refractivity contribution in [3.63, 3.8) is 0 Å². The molecule has 41 heavy (non-hydrogen) atoms. The summed E-state index contributed by atoms with van der Waals surface area (Å²) in [6.45, 7) is 9.64. The summed E-state index contributed by atoms with van der Waals surface area (Å²) in [4.78, 5) is 12.2. The van der Waals surface area contributed by atoms with Gasteiger partial charge in [0.1, 0.15) is 0 Å². The van der Waals surface area contributed by atoms with E-state index in [1.165, 1.54) is 98.7 Å². The quantitative estimate of drug-likeness (QED) is 0.0499. The van der Waals surface area contributed by atoms with Crippen molar-refractivity contribution in [1.29, 1.82) is 0 Å². The molecule has 0 aromatic carbocycles. The summed E-state index contributed by atoms with van der Waals surface area (Å²) in [5.74, 6) is 0. The van der Waals surface area contributed by atoms with Gasteiger partial charge in [-0.15, -0.1) is 0 Å². The summed E-state index contributed by atoms with van der Waals surface area (Å²) >= 11 is 0. The minimum atomic E-state index is -3.12. The van der Waals surface area contributed by atoms with Crippen molar-refractivity contribution in [2.24, 2.45) is 0 Å². The Bertz CT molecular complexity index is 1250. The van der Waals surface area contributed by atoms with Crippen molar-refractivity contribution >= 4 is 15.8 Å². The van der Waals surface area contributed by atoms with E-state index in [1.807, 2.05) is 0 Å². The number of rotatable bonds is 26. The maximum absolute atomic E-state index is 3.12. The Labute approximate surface area is 249 Å². The first-order valence-electron chi connectivity index (χ1n) is 19.5. The zero-order valence-electron chi connectivity index (χ0n) is 27.8. The summed E-state index contributed by atoms with van der Waals surface area (Å²) in [6, 6.07) is 0. The van der Waals surface area contributed by atoms with Crippen LogP contribution in [0.5, 0.6) is 0 Å². The molecule has 10 aliphatic heterocycles. The third kappa shape index (κ3) is 0.889. The van der Waals surface area contributed by atoms with Gasteiger partial charge in [-0.2, -0.15) is 0 Å². The summed E-state index contributed by atoms with van der Waals surface area (Å²) < 4.78 is 2.38. The SMILES string of the molecule is CCCCCCCP(CCCCCCC)[C]12[CH]3[CH]4[CH]5[C]1(P(CCCCCCC)CCCCCCC)[Ni]43521678[CH]2[CH]1[CH]6[CH]7[CH]28. The van der Waals surface area contributed by atoms with E-state index in [2.05, 4.69) is 27.7 Å². The number of hydrogen-bond donors (Lipinski definition) is 0. The fraction of sp³-hybridized carbons (Fsp3) is 1.00. The van der Waals surface area contributed by atoms with E-state index in [0.29, 0.717) is 15.8 Å². The molecule has 0 aliphatic carbocycles. The van der Waals surface area contributed by atoms with E-state index in [9.17, 15) is 0 Å². The van der Waals surface area contributed by atoms with E-state index < -0.39 is 6.23 Å². The molecule has 10 fully saturated rings. The molecule has 240 valence electrons. The molecule has 10 aliphatic rings. The number of unbranched alkanes of at least 4 members (excludes halogenated alkanes) is 16. The van der Waals surface area contributed by atoms with Gasteiger partial charge in [-0.1, -0.05) is 0 Å². The first-order chi connectivity index (χ1) is 20.0. The minimum absolute atomic E-state index is 0.361. The molecule has 0 nitrogen and oxygen atoms in total. The van der Waals surface area contributed by atoms with Crippen LogP contribution in [0.3, 0.4) is 0 Å². The fourth-order valence-electron chi connectivity index (χ4n) is 20.7. The summed E-state index contributed by atoms with van der Waals surface area (Å²) in [5.41, 5.74) is 0.